The third-order valence-electron chi connectivity index (χ3n) is 1.62. The van der Waals surface area contributed by atoms with E-state index >= 15 is 0 Å². The maximum atomic E-state index is 9.25. The van der Waals surface area contributed by atoms with Gasteiger partial charge in [0.1, 0.15) is 0 Å². The van der Waals surface area contributed by atoms with Gasteiger partial charge in [-0.1, -0.05) is 19.1 Å². The van der Waals surface area contributed by atoms with Crippen LogP contribution in [0, 0.1) is 0 Å². The molecule has 0 fully saturated rings. The fourth-order valence-electron chi connectivity index (χ4n) is 0.680. The van der Waals surface area contributed by atoms with Crippen molar-refractivity contribution in [1.29, 1.82) is 0 Å². The lowest BCUT2D eigenvalue weighted by Crippen LogP contribution is -2.16. The predicted octanol–water partition coefficient (Wildman–Crippen LogP) is 1.06. The molecule has 2 N–H and O–H groups in total. The molecule has 0 aromatic carbocycles. The molecule has 2 atom stereocenters. The Morgan fingerprint density at radius 3 is 2.50 bits per heavy atom. The number of ether oxygens (including phenoxy) is 1. The van der Waals surface area contributed by atoms with Gasteiger partial charge in [0.05, 0.1) is 12.7 Å². The molecule has 0 rings (SSSR count). The van der Waals surface area contributed by atoms with Crippen molar-refractivity contribution in [3.05, 3.63) is 12.2 Å². The van der Waals surface area contributed by atoms with Crippen molar-refractivity contribution in [3.63, 3.8) is 0 Å². The predicted molar refractivity (Wildman–Crippen MR) is 47.7 cm³/mol. The lowest BCUT2D eigenvalue weighted by atomic mass is 10.1. The van der Waals surface area contributed by atoms with Crippen LogP contribution in [-0.2, 0) is 4.74 Å². The second kappa shape index (κ2) is 6.17. The second-order valence-corrected chi connectivity index (χ2v) is 2.88. The normalized spacial score (nSPS) is 15.7. The third-order valence-corrected chi connectivity index (χ3v) is 1.62. The summed E-state index contributed by atoms with van der Waals surface area (Å²) in [5, 5.41) is 18.2. The van der Waals surface area contributed by atoms with E-state index < -0.39 is 12.4 Å². The number of hydrogen-bond acceptors (Lipinski definition) is 3. The highest BCUT2D eigenvalue weighted by molar-refractivity contribution is 4.96. The molecule has 0 spiro atoms. The fourth-order valence-corrected chi connectivity index (χ4v) is 0.680. The van der Waals surface area contributed by atoms with Gasteiger partial charge >= 0.3 is 0 Å². The summed E-state index contributed by atoms with van der Waals surface area (Å²) in [6.07, 6.45) is -0.161. The van der Waals surface area contributed by atoms with Crippen molar-refractivity contribution in [2.45, 2.75) is 39.1 Å². The van der Waals surface area contributed by atoms with E-state index in [1.807, 2.05) is 6.92 Å². The van der Waals surface area contributed by atoms with E-state index in [0.29, 0.717) is 19.4 Å². The van der Waals surface area contributed by atoms with Crippen molar-refractivity contribution in [2.75, 3.05) is 6.61 Å². The zero-order valence-electron chi connectivity index (χ0n) is 7.79. The molecule has 3 nitrogen and oxygen atoms in total. The lowest BCUT2D eigenvalue weighted by molar-refractivity contribution is -0.104. The molecule has 72 valence electrons. The minimum atomic E-state index is -0.706. The fraction of sp³-hybridized carbons (Fsp3) is 0.778. The van der Waals surface area contributed by atoms with Crippen LogP contribution in [0.1, 0.15) is 26.7 Å². The van der Waals surface area contributed by atoms with E-state index in [9.17, 15) is 5.11 Å². The topological polar surface area (TPSA) is 49.7 Å². The molecule has 0 aromatic heterocycles. The monoisotopic (exact) mass is 174 g/mol. The molecule has 0 amide bonds. The first kappa shape index (κ1) is 11.6. The smallest absolute Gasteiger partial charge is 0.154 e. The van der Waals surface area contributed by atoms with Gasteiger partial charge in [0.2, 0.25) is 0 Å². The molecule has 0 aliphatic heterocycles. The summed E-state index contributed by atoms with van der Waals surface area (Å²) in [6.45, 7) is 7.57. The average molecular weight is 174 g/mol. The molecule has 0 saturated carbocycles. The second-order valence-electron chi connectivity index (χ2n) is 2.88. The Labute approximate surface area is 73.7 Å². The molecular formula is C9H18O3. The van der Waals surface area contributed by atoms with E-state index in [-0.39, 0.29) is 0 Å². The summed E-state index contributed by atoms with van der Waals surface area (Å²) in [5.41, 5.74) is 0.726. The highest BCUT2D eigenvalue weighted by Gasteiger charge is 2.05. The van der Waals surface area contributed by atoms with Gasteiger partial charge in [-0.2, -0.15) is 0 Å². The number of hydrogen-bond donors (Lipinski definition) is 2. The third kappa shape index (κ3) is 5.29. The Kier molecular flexibility index (Phi) is 5.98. The van der Waals surface area contributed by atoms with E-state index in [1.165, 1.54) is 0 Å². The van der Waals surface area contributed by atoms with E-state index in [1.54, 1.807) is 6.92 Å². The van der Waals surface area contributed by atoms with E-state index in [0.717, 1.165) is 5.57 Å². The molecule has 12 heavy (non-hydrogen) atoms. The zero-order chi connectivity index (χ0) is 9.56. The molecule has 0 radical (unpaired) electrons. The Morgan fingerprint density at radius 2 is 2.08 bits per heavy atom. The van der Waals surface area contributed by atoms with Gasteiger partial charge in [0.15, 0.2) is 6.29 Å². The van der Waals surface area contributed by atoms with Gasteiger partial charge in [-0.05, 0) is 13.3 Å². The zero-order valence-corrected chi connectivity index (χ0v) is 7.79. The van der Waals surface area contributed by atoms with Crippen molar-refractivity contribution in [1.82, 2.24) is 0 Å². The van der Waals surface area contributed by atoms with Gasteiger partial charge in [-0.25, -0.2) is 0 Å². The minimum Gasteiger partial charge on any atom is -0.389 e. The average Bonchev–Trinajstić information content (AvgIpc) is 2.03. The maximum Gasteiger partial charge on any atom is 0.154 e. The Bertz CT molecular complexity index is 134. The SMILES string of the molecule is C=C(C)C(O)CCOC(O)CC. The summed E-state index contributed by atoms with van der Waals surface area (Å²) >= 11 is 0. The van der Waals surface area contributed by atoms with Crippen LogP contribution in [0.4, 0.5) is 0 Å². The molecule has 3 heteroatoms. The molecule has 0 saturated heterocycles. The molecular weight excluding hydrogens is 156 g/mol. The number of rotatable bonds is 6. The Hall–Kier alpha value is -0.380. The lowest BCUT2D eigenvalue weighted by Gasteiger charge is -2.12. The summed E-state index contributed by atoms with van der Waals surface area (Å²) in [4.78, 5) is 0. The standard InChI is InChI=1S/C9H18O3/c1-4-9(11)12-6-5-8(10)7(2)3/h8-11H,2,4-6H2,1,3H3. The number of aliphatic hydroxyl groups excluding tert-OH is 2. The molecule has 2 unspecified atom stereocenters. The van der Waals surface area contributed by atoms with Crippen LogP contribution in [0.3, 0.4) is 0 Å². The van der Waals surface area contributed by atoms with Gasteiger partial charge < -0.3 is 14.9 Å². The van der Waals surface area contributed by atoms with Crippen LogP contribution in [0.2, 0.25) is 0 Å². The largest absolute Gasteiger partial charge is 0.389 e. The van der Waals surface area contributed by atoms with Crippen LogP contribution in [0.15, 0.2) is 12.2 Å². The van der Waals surface area contributed by atoms with Crippen LogP contribution in [-0.4, -0.2) is 29.2 Å². The van der Waals surface area contributed by atoms with Gasteiger partial charge in [-0.15, -0.1) is 0 Å². The molecule has 0 aliphatic carbocycles. The first-order valence-electron chi connectivity index (χ1n) is 4.21. The van der Waals surface area contributed by atoms with Crippen LogP contribution in [0.25, 0.3) is 0 Å². The van der Waals surface area contributed by atoms with Crippen LogP contribution >= 0.6 is 0 Å². The Morgan fingerprint density at radius 1 is 1.50 bits per heavy atom. The van der Waals surface area contributed by atoms with E-state index in [2.05, 4.69) is 6.58 Å². The van der Waals surface area contributed by atoms with Crippen molar-refractivity contribution in [3.8, 4) is 0 Å². The molecule has 0 aliphatic rings. The highest BCUT2D eigenvalue weighted by atomic mass is 16.6. The first-order chi connectivity index (χ1) is 5.57. The van der Waals surface area contributed by atoms with Crippen LogP contribution in [0.5, 0.6) is 0 Å². The van der Waals surface area contributed by atoms with Crippen molar-refractivity contribution in [2.24, 2.45) is 0 Å². The van der Waals surface area contributed by atoms with Gasteiger partial charge in [-0.3, -0.25) is 0 Å². The van der Waals surface area contributed by atoms with Crippen molar-refractivity contribution >= 4 is 0 Å². The first-order valence-corrected chi connectivity index (χ1v) is 4.21. The highest BCUT2D eigenvalue weighted by Crippen LogP contribution is 2.03. The summed E-state index contributed by atoms with van der Waals surface area (Å²) in [5.74, 6) is 0. The van der Waals surface area contributed by atoms with Crippen LogP contribution < -0.4 is 0 Å². The molecule has 0 bridgehead atoms. The Balaban J connectivity index is 3.37. The molecule has 0 aromatic rings. The van der Waals surface area contributed by atoms with Gasteiger partial charge in [0, 0.05) is 6.42 Å². The maximum absolute atomic E-state index is 9.25. The summed E-state index contributed by atoms with van der Waals surface area (Å²) < 4.78 is 4.97. The molecule has 0 heterocycles. The van der Waals surface area contributed by atoms with Gasteiger partial charge in [0.25, 0.3) is 0 Å². The summed E-state index contributed by atoms with van der Waals surface area (Å²) in [6, 6.07) is 0. The summed E-state index contributed by atoms with van der Waals surface area (Å²) in [7, 11) is 0. The van der Waals surface area contributed by atoms with E-state index in [4.69, 9.17) is 9.84 Å². The quantitative estimate of drug-likeness (QED) is 0.467. The number of aliphatic hydroxyl groups is 2. The minimum absolute atomic E-state index is 0.364. The van der Waals surface area contributed by atoms with Crippen molar-refractivity contribution < 1.29 is 14.9 Å².